The Morgan fingerprint density at radius 2 is 1.74 bits per heavy atom. The number of furan rings is 1. The third-order valence-corrected chi connectivity index (χ3v) is 10.8. The normalized spacial score (nSPS) is 53.3. The Morgan fingerprint density at radius 3 is 2.41 bits per heavy atom. The van der Waals surface area contributed by atoms with Gasteiger partial charge in [-0.1, -0.05) is 20.8 Å². The first-order valence-electron chi connectivity index (χ1n) is 12.3. The van der Waals surface area contributed by atoms with Crippen LogP contribution in [0.1, 0.15) is 72.0 Å². The molecule has 1 aromatic heterocycles. The molecule has 4 heterocycles. The van der Waals surface area contributed by atoms with Gasteiger partial charge in [0.2, 0.25) is 0 Å². The van der Waals surface area contributed by atoms with E-state index in [1.807, 2.05) is 33.8 Å². The summed E-state index contributed by atoms with van der Waals surface area (Å²) in [4.78, 5) is 25.7. The minimum Gasteiger partial charge on any atom is -0.472 e. The van der Waals surface area contributed by atoms with Gasteiger partial charge in [-0.25, -0.2) is 4.79 Å². The zero-order chi connectivity index (χ0) is 24.5. The second-order valence-electron chi connectivity index (χ2n) is 12.4. The van der Waals surface area contributed by atoms with Crippen LogP contribution in [0.5, 0.6) is 0 Å². The van der Waals surface area contributed by atoms with Crippen LogP contribution >= 0.6 is 0 Å². The van der Waals surface area contributed by atoms with E-state index in [0.717, 1.165) is 5.56 Å². The lowest BCUT2D eigenvalue weighted by atomic mass is 9.36. The van der Waals surface area contributed by atoms with Crippen molar-refractivity contribution in [3.8, 4) is 0 Å². The van der Waals surface area contributed by atoms with Crippen LogP contribution < -0.4 is 0 Å². The van der Waals surface area contributed by atoms with Gasteiger partial charge in [0.05, 0.1) is 31.2 Å². The van der Waals surface area contributed by atoms with Gasteiger partial charge < -0.3 is 28.8 Å². The number of carbonyl (C=O) groups excluding carboxylic acids is 2. The van der Waals surface area contributed by atoms with Gasteiger partial charge in [-0.2, -0.15) is 0 Å². The lowest BCUT2D eigenvalue weighted by molar-refractivity contribution is -0.272. The van der Waals surface area contributed by atoms with E-state index in [-0.39, 0.29) is 18.3 Å². The molecule has 1 aromatic rings. The molecule has 5 fully saturated rings. The molecule has 0 amide bonds. The summed E-state index contributed by atoms with van der Waals surface area (Å²) in [5, 5.41) is 23.3. The van der Waals surface area contributed by atoms with Crippen molar-refractivity contribution in [2.45, 2.75) is 95.9 Å². The van der Waals surface area contributed by atoms with Crippen LogP contribution in [0.25, 0.3) is 0 Å². The number of aliphatic hydroxyl groups excluding tert-OH is 2. The number of rotatable bonds is 1. The topological polar surface area (TPSA) is 119 Å². The maximum Gasteiger partial charge on any atom is 0.339 e. The Bertz CT molecular complexity index is 1050. The molecule has 34 heavy (non-hydrogen) atoms. The zero-order valence-electron chi connectivity index (χ0n) is 20.4. The molecule has 3 saturated heterocycles. The van der Waals surface area contributed by atoms with E-state index in [4.69, 9.17) is 18.6 Å². The number of carbonyl (C=O) groups is 2. The monoisotopic (exact) mass is 474 g/mol. The van der Waals surface area contributed by atoms with Gasteiger partial charge in [0.1, 0.15) is 17.3 Å². The van der Waals surface area contributed by atoms with Gasteiger partial charge in [-0.05, 0) is 45.1 Å². The number of fused-ring (bicyclic) bond motifs is 3. The van der Waals surface area contributed by atoms with Crippen molar-refractivity contribution in [2.75, 3.05) is 0 Å². The average Bonchev–Trinajstić information content (AvgIpc) is 3.33. The minimum absolute atomic E-state index is 0.0899. The number of esters is 2. The molecule has 8 nitrogen and oxygen atoms in total. The van der Waals surface area contributed by atoms with E-state index in [2.05, 4.69) is 6.92 Å². The highest BCUT2D eigenvalue weighted by atomic mass is 16.7. The van der Waals surface area contributed by atoms with Crippen LogP contribution in [-0.2, 0) is 23.8 Å². The lowest BCUT2D eigenvalue weighted by Crippen LogP contribution is -2.73. The van der Waals surface area contributed by atoms with Crippen molar-refractivity contribution in [1.29, 1.82) is 0 Å². The number of aliphatic hydroxyl groups is 2. The van der Waals surface area contributed by atoms with E-state index in [0.29, 0.717) is 19.3 Å². The predicted octanol–water partition coefficient (Wildman–Crippen LogP) is 2.91. The van der Waals surface area contributed by atoms with E-state index in [1.54, 1.807) is 12.5 Å². The molecule has 2 aliphatic carbocycles. The van der Waals surface area contributed by atoms with Gasteiger partial charge >= 0.3 is 11.9 Å². The molecule has 5 aliphatic rings. The fourth-order valence-corrected chi connectivity index (χ4v) is 9.19. The van der Waals surface area contributed by atoms with Crippen molar-refractivity contribution in [3.63, 3.8) is 0 Å². The molecule has 0 radical (unpaired) electrons. The molecule has 6 rings (SSSR count). The molecular formula is C26H34O8. The number of hydrogen-bond donors (Lipinski definition) is 2. The van der Waals surface area contributed by atoms with Crippen molar-refractivity contribution in [3.05, 3.63) is 24.2 Å². The number of cyclic esters (lactones) is 2. The number of ether oxygens (including phenoxy) is 3. The molecule has 1 spiro atoms. The maximum absolute atomic E-state index is 13.1. The Labute approximate surface area is 198 Å². The second kappa shape index (κ2) is 6.45. The summed E-state index contributed by atoms with van der Waals surface area (Å²) in [7, 11) is 0. The predicted molar refractivity (Wildman–Crippen MR) is 117 cm³/mol. The molecular weight excluding hydrogens is 440 g/mol. The third kappa shape index (κ3) is 2.31. The first-order chi connectivity index (χ1) is 15.8. The van der Waals surface area contributed by atoms with Gasteiger partial charge in [-0.3, -0.25) is 4.79 Å². The van der Waals surface area contributed by atoms with Gasteiger partial charge in [0, 0.05) is 27.7 Å². The highest BCUT2D eigenvalue weighted by Gasteiger charge is 2.88. The molecule has 0 bridgehead atoms. The summed E-state index contributed by atoms with van der Waals surface area (Å²) in [6.07, 6.45) is 1.68. The first kappa shape index (κ1) is 22.6. The number of epoxide rings is 1. The molecule has 5 unspecified atom stereocenters. The summed E-state index contributed by atoms with van der Waals surface area (Å²) in [5.41, 5.74) is -3.18. The summed E-state index contributed by atoms with van der Waals surface area (Å²) < 4.78 is 23.4. The van der Waals surface area contributed by atoms with Crippen molar-refractivity contribution >= 4 is 11.9 Å². The first-order valence-corrected chi connectivity index (χ1v) is 12.3. The summed E-state index contributed by atoms with van der Waals surface area (Å²) in [6, 6.07) is 1.81. The zero-order valence-corrected chi connectivity index (χ0v) is 20.4. The van der Waals surface area contributed by atoms with Crippen molar-refractivity contribution in [1.82, 2.24) is 0 Å². The maximum atomic E-state index is 13.1. The summed E-state index contributed by atoms with van der Waals surface area (Å²) >= 11 is 0. The SMILES string of the molecule is CC1(C)OC(=O)C[C@H](O)[C@@]2(C)C1C[C@@H](O)[C@]1(C)C2CC[C@@]2(C)C(c3ccoc3)OC(=O)C3OC321. The highest BCUT2D eigenvalue weighted by Crippen LogP contribution is 2.79. The van der Waals surface area contributed by atoms with E-state index in [9.17, 15) is 19.8 Å². The average molecular weight is 475 g/mol. The third-order valence-electron chi connectivity index (χ3n) is 10.8. The van der Waals surface area contributed by atoms with Crippen LogP contribution in [0.3, 0.4) is 0 Å². The van der Waals surface area contributed by atoms with Crippen molar-refractivity contribution < 1.29 is 38.4 Å². The largest absolute Gasteiger partial charge is 0.472 e. The number of hydrogen-bond acceptors (Lipinski definition) is 8. The fraction of sp³-hybridized carbons (Fsp3) is 0.769. The summed E-state index contributed by atoms with van der Waals surface area (Å²) in [5.74, 6) is -1.31. The molecule has 2 N–H and O–H groups in total. The van der Waals surface area contributed by atoms with Crippen molar-refractivity contribution in [2.24, 2.45) is 28.1 Å². The van der Waals surface area contributed by atoms with Crippen LogP contribution in [0.4, 0.5) is 0 Å². The molecule has 10 atom stereocenters. The molecule has 8 heteroatoms. The van der Waals surface area contributed by atoms with Crippen LogP contribution in [-0.4, -0.2) is 51.7 Å². The summed E-state index contributed by atoms with van der Waals surface area (Å²) in [6.45, 7) is 9.87. The van der Waals surface area contributed by atoms with Crippen LogP contribution in [0, 0.1) is 28.1 Å². The Kier molecular flexibility index (Phi) is 4.28. The molecule has 2 saturated carbocycles. The van der Waals surface area contributed by atoms with E-state index >= 15 is 0 Å². The lowest BCUT2D eigenvalue weighted by Gasteiger charge is -2.68. The molecule has 3 aliphatic heterocycles. The second-order valence-corrected chi connectivity index (χ2v) is 12.4. The Balaban J connectivity index is 1.52. The Morgan fingerprint density at radius 1 is 1.00 bits per heavy atom. The minimum atomic E-state index is -0.950. The van der Waals surface area contributed by atoms with E-state index < -0.39 is 63.8 Å². The Hall–Kier alpha value is -1.90. The van der Waals surface area contributed by atoms with Gasteiger partial charge in [0.25, 0.3) is 0 Å². The van der Waals surface area contributed by atoms with Gasteiger partial charge in [0.15, 0.2) is 6.10 Å². The van der Waals surface area contributed by atoms with Crippen LogP contribution in [0.2, 0.25) is 0 Å². The molecule has 0 aromatic carbocycles. The quantitative estimate of drug-likeness (QED) is 0.471. The van der Waals surface area contributed by atoms with Crippen LogP contribution in [0.15, 0.2) is 23.0 Å². The molecule has 186 valence electrons. The standard InChI is InChI=1S/C26H34O8/c1-22(2)15-10-17(28)25(5)14(24(15,4)16(27)11-18(29)33-22)6-8-23(3)19(13-7-9-31-12-13)32-21(30)20-26(23,25)34-20/h7,9,12,14-17,19-20,27-28H,6,8,10-11H2,1-5H3/t14?,15?,16-,17+,19?,20?,23-,24+,25-,26?/m0/s1. The van der Waals surface area contributed by atoms with Gasteiger partial charge in [-0.15, -0.1) is 0 Å². The highest BCUT2D eigenvalue weighted by molar-refractivity contribution is 5.82. The fourth-order valence-electron chi connectivity index (χ4n) is 9.19. The smallest absolute Gasteiger partial charge is 0.339 e. The van der Waals surface area contributed by atoms with E-state index in [1.165, 1.54) is 0 Å².